The van der Waals surface area contributed by atoms with E-state index in [1.54, 1.807) is 18.2 Å². The SMILES string of the molecule is COC(=O)c1ccc2c(c1)Oc1ccc(=O)[nH]c1C(C)(C)C2. The molecule has 2 aromatic rings. The highest BCUT2D eigenvalue weighted by Crippen LogP contribution is 2.41. The van der Waals surface area contributed by atoms with E-state index < -0.39 is 5.97 Å². The minimum absolute atomic E-state index is 0.156. The number of fused-ring (bicyclic) bond motifs is 2. The van der Waals surface area contributed by atoms with Gasteiger partial charge in [-0.25, -0.2) is 4.79 Å². The minimum atomic E-state index is -0.406. The fourth-order valence-corrected chi connectivity index (χ4v) is 2.77. The zero-order valence-corrected chi connectivity index (χ0v) is 12.7. The molecule has 22 heavy (non-hydrogen) atoms. The van der Waals surface area contributed by atoms with E-state index in [1.165, 1.54) is 13.2 Å². The normalized spacial score (nSPS) is 15.0. The molecule has 1 aliphatic heterocycles. The molecular formula is C17H17NO4. The third-order valence-corrected chi connectivity index (χ3v) is 3.90. The summed E-state index contributed by atoms with van der Waals surface area (Å²) in [5.74, 6) is 0.809. The van der Waals surface area contributed by atoms with E-state index in [0.29, 0.717) is 23.5 Å². The fraction of sp³-hybridized carbons (Fsp3) is 0.294. The number of aromatic amines is 1. The Morgan fingerprint density at radius 2 is 2.00 bits per heavy atom. The van der Waals surface area contributed by atoms with Crippen LogP contribution in [-0.2, 0) is 16.6 Å². The lowest BCUT2D eigenvalue weighted by molar-refractivity contribution is 0.0600. The lowest BCUT2D eigenvalue weighted by Gasteiger charge is -2.23. The minimum Gasteiger partial charge on any atom is -0.465 e. The summed E-state index contributed by atoms with van der Waals surface area (Å²) in [6.45, 7) is 4.10. The first-order valence-corrected chi connectivity index (χ1v) is 7.03. The summed E-state index contributed by atoms with van der Waals surface area (Å²) in [5, 5.41) is 0. The second-order valence-electron chi connectivity index (χ2n) is 6.04. The van der Waals surface area contributed by atoms with Gasteiger partial charge >= 0.3 is 5.97 Å². The maximum Gasteiger partial charge on any atom is 0.337 e. The van der Waals surface area contributed by atoms with Gasteiger partial charge in [0.25, 0.3) is 0 Å². The van der Waals surface area contributed by atoms with Crippen molar-refractivity contribution in [3.05, 3.63) is 57.5 Å². The van der Waals surface area contributed by atoms with Crippen molar-refractivity contribution in [3.63, 3.8) is 0 Å². The predicted octanol–water partition coefficient (Wildman–Crippen LogP) is 2.79. The quantitative estimate of drug-likeness (QED) is 0.822. The number of aromatic nitrogens is 1. The van der Waals surface area contributed by atoms with Gasteiger partial charge in [-0.3, -0.25) is 4.79 Å². The Kier molecular flexibility index (Phi) is 3.28. The van der Waals surface area contributed by atoms with Crippen LogP contribution in [0.5, 0.6) is 11.5 Å². The molecule has 0 aliphatic carbocycles. The number of pyridine rings is 1. The summed E-state index contributed by atoms with van der Waals surface area (Å²) >= 11 is 0. The van der Waals surface area contributed by atoms with Gasteiger partial charge < -0.3 is 14.5 Å². The van der Waals surface area contributed by atoms with Crippen LogP contribution in [0.25, 0.3) is 0 Å². The molecule has 0 bridgehead atoms. The molecule has 1 aromatic heterocycles. The van der Waals surface area contributed by atoms with E-state index in [1.807, 2.05) is 6.07 Å². The first-order valence-electron chi connectivity index (χ1n) is 7.03. The van der Waals surface area contributed by atoms with Gasteiger partial charge in [0.2, 0.25) is 5.56 Å². The van der Waals surface area contributed by atoms with Gasteiger partial charge in [0, 0.05) is 11.5 Å². The van der Waals surface area contributed by atoms with Crippen molar-refractivity contribution in [3.8, 4) is 11.5 Å². The summed E-state index contributed by atoms with van der Waals surface area (Å²) in [7, 11) is 1.35. The van der Waals surface area contributed by atoms with Gasteiger partial charge in [0.15, 0.2) is 0 Å². The van der Waals surface area contributed by atoms with Crippen molar-refractivity contribution in [2.75, 3.05) is 7.11 Å². The molecule has 0 radical (unpaired) electrons. The van der Waals surface area contributed by atoms with Gasteiger partial charge in [-0.1, -0.05) is 19.9 Å². The Morgan fingerprint density at radius 3 is 2.73 bits per heavy atom. The van der Waals surface area contributed by atoms with Gasteiger partial charge in [-0.15, -0.1) is 0 Å². The largest absolute Gasteiger partial charge is 0.465 e. The van der Waals surface area contributed by atoms with Crippen molar-refractivity contribution >= 4 is 5.97 Å². The topological polar surface area (TPSA) is 68.4 Å². The van der Waals surface area contributed by atoms with Crippen molar-refractivity contribution < 1.29 is 14.3 Å². The Hall–Kier alpha value is -2.56. The molecule has 5 nitrogen and oxygen atoms in total. The van der Waals surface area contributed by atoms with Crippen LogP contribution in [0.15, 0.2) is 35.1 Å². The molecule has 0 amide bonds. The monoisotopic (exact) mass is 299 g/mol. The van der Waals surface area contributed by atoms with E-state index in [9.17, 15) is 9.59 Å². The molecule has 0 fully saturated rings. The summed E-state index contributed by atoms with van der Waals surface area (Å²) in [6.07, 6.45) is 0.691. The lowest BCUT2D eigenvalue weighted by Crippen LogP contribution is -2.24. The highest BCUT2D eigenvalue weighted by molar-refractivity contribution is 5.90. The average Bonchev–Trinajstić information content (AvgIpc) is 2.59. The van der Waals surface area contributed by atoms with Crippen LogP contribution in [0.4, 0.5) is 0 Å². The number of ether oxygens (including phenoxy) is 2. The predicted molar refractivity (Wildman–Crippen MR) is 81.6 cm³/mol. The molecular weight excluding hydrogens is 282 g/mol. The smallest absolute Gasteiger partial charge is 0.337 e. The van der Waals surface area contributed by atoms with Crippen molar-refractivity contribution in [1.82, 2.24) is 4.98 Å². The first-order chi connectivity index (χ1) is 10.4. The standard InChI is InChI=1S/C17H17NO4/c1-17(2)9-11-5-4-10(16(20)21-3)8-13(11)22-12-6-7-14(19)18-15(12)17/h4-8H,9H2,1-3H3,(H,18,19). The van der Waals surface area contributed by atoms with Crippen LogP contribution in [0.2, 0.25) is 0 Å². The Morgan fingerprint density at radius 1 is 1.23 bits per heavy atom. The molecule has 0 saturated heterocycles. The van der Waals surface area contributed by atoms with Crippen molar-refractivity contribution in [1.29, 1.82) is 0 Å². The molecule has 0 atom stereocenters. The van der Waals surface area contributed by atoms with Crippen LogP contribution < -0.4 is 10.3 Å². The number of hydrogen-bond acceptors (Lipinski definition) is 4. The number of esters is 1. The van der Waals surface area contributed by atoms with E-state index in [-0.39, 0.29) is 11.0 Å². The number of benzene rings is 1. The van der Waals surface area contributed by atoms with E-state index in [2.05, 4.69) is 18.8 Å². The average molecular weight is 299 g/mol. The third kappa shape index (κ3) is 2.39. The van der Waals surface area contributed by atoms with E-state index >= 15 is 0 Å². The summed E-state index contributed by atoms with van der Waals surface area (Å²) < 4.78 is 10.7. The molecule has 114 valence electrons. The zero-order chi connectivity index (χ0) is 15.9. The lowest BCUT2D eigenvalue weighted by atomic mass is 9.82. The summed E-state index contributed by atoms with van der Waals surface area (Å²) in [6, 6.07) is 8.37. The van der Waals surface area contributed by atoms with Crippen LogP contribution in [-0.4, -0.2) is 18.1 Å². The van der Waals surface area contributed by atoms with E-state index in [4.69, 9.17) is 9.47 Å². The van der Waals surface area contributed by atoms with Gasteiger partial charge in [-0.05, 0) is 30.2 Å². The zero-order valence-electron chi connectivity index (χ0n) is 12.7. The third-order valence-electron chi connectivity index (χ3n) is 3.90. The number of methoxy groups -OCH3 is 1. The molecule has 1 N–H and O–H groups in total. The van der Waals surface area contributed by atoms with E-state index in [0.717, 1.165) is 11.3 Å². The second-order valence-corrected chi connectivity index (χ2v) is 6.04. The molecule has 5 heteroatoms. The van der Waals surface area contributed by atoms with Gasteiger partial charge in [-0.2, -0.15) is 0 Å². The van der Waals surface area contributed by atoms with Crippen LogP contribution in [0, 0.1) is 0 Å². The summed E-state index contributed by atoms with van der Waals surface area (Å²) in [5.41, 5.74) is 1.74. The Bertz CT molecular complexity index is 805. The van der Waals surface area contributed by atoms with Gasteiger partial charge in [0.1, 0.15) is 11.5 Å². The Balaban J connectivity index is 2.15. The summed E-state index contributed by atoms with van der Waals surface area (Å²) in [4.78, 5) is 26.2. The number of nitrogens with one attached hydrogen (secondary N) is 1. The number of carbonyl (C=O) groups is 1. The van der Waals surface area contributed by atoms with Crippen molar-refractivity contribution in [2.45, 2.75) is 25.7 Å². The highest BCUT2D eigenvalue weighted by Gasteiger charge is 2.31. The fourth-order valence-electron chi connectivity index (χ4n) is 2.77. The number of carbonyl (C=O) groups excluding carboxylic acids is 1. The molecule has 1 aliphatic rings. The number of H-pyrrole nitrogens is 1. The van der Waals surface area contributed by atoms with Gasteiger partial charge in [0.05, 0.1) is 18.4 Å². The van der Waals surface area contributed by atoms with Crippen LogP contribution in [0.3, 0.4) is 0 Å². The molecule has 3 rings (SSSR count). The molecule has 0 spiro atoms. The van der Waals surface area contributed by atoms with Crippen molar-refractivity contribution in [2.24, 2.45) is 0 Å². The van der Waals surface area contributed by atoms with Crippen LogP contribution >= 0.6 is 0 Å². The maximum atomic E-state index is 11.7. The second kappa shape index (κ2) is 5.02. The molecule has 0 unspecified atom stereocenters. The molecule has 2 heterocycles. The maximum absolute atomic E-state index is 11.7. The molecule has 1 aromatic carbocycles. The first kappa shape index (κ1) is 14.4. The number of rotatable bonds is 1. The highest BCUT2D eigenvalue weighted by atomic mass is 16.5. The number of hydrogen-bond donors (Lipinski definition) is 1. The molecule has 0 saturated carbocycles. The Labute approximate surface area is 127 Å². The van der Waals surface area contributed by atoms with Crippen LogP contribution in [0.1, 0.15) is 35.5 Å².